The Hall–Kier alpha value is -1.93. The summed E-state index contributed by atoms with van der Waals surface area (Å²) in [4.78, 5) is 24.8. The van der Waals surface area contributed by atoms with Crippen molar-refractivity contribution in [3.63, 3.8) is 0 Å². The van der Waals surface area contributed by atoms with Crippen LogP contribution in [0.1, 0.15) is 36.2 Å². The third kappa shape index (κ3) is 4.79. The Kier molecular flexibility index (Phi) is 6.95. The molecule has 1 fully saturated rings. The molecule has 3 N–H and O–H groups in total. The number of likely N-dealkylation sites (tertiary alicyclic amines) is 1. The van der Waals surface area contributed by atoms with Crippen molar-refractivity contribution in [2.45, 2.75) is 44.8 Å². The van der Waals surface area contributed by atoms with Gasteiger partial charge in [0.25, 0.3) is 6.47 Å². The smallest absolute Gasteiger partial charge is 0.290 e. The molecular weight excluding hydrogens is 324 g/mol. The van der Waals surface area contributed by atoms with Crippen LogP contribution in [-0.4, -0.2) is 75.9 Å². The van der Waals surface area contributed by atoms with Gasteiger partial charge < -0.3 is 20.0 Å². The summed E-state index contributed by atoms with van der Waals surface area (Å²) in [7, 11) is 3.81. The summed E-state index contributed by atoms with van der Waals surface area (Å²) in [6.45, 7) is 1.75. The molecule has 1 aromatic rings. The molecule has 0 saturated carbocycles. The minimum absolute atomic E-state index is 0.0200. The van der Waals surface area contributed by atoms with Crippen LogP contribution < -0.4 is 0 Å². The maximum absolute atomic E-state index is 12.6. The number of hydrogen-bond acceptors (Lipinski definition) is 5. The van der Waals surface area contributed by atoms with Gasteiger partial charge in [-0.25, -0.2) is 0 Å². The number of aryl methyl sites for hydroxylation is 1. The molecule has 0 unspecified atom stereocenters. The van der Waals surface area contributed by atoms with Crippen LogP contribution in [0, 0.1) is 5.92 Å². The highest BCUT2D eigenvalue weighted by Crippen LogP contribution is 2.24. The molecule has 25 heavy (non-hydrogen) atoms. The molecule has 1 aliphatic carbocycles. The third-order valence-corrected chi connectivity index (χ3v) is 5.00. The highest BCUT2D eigenvalue weighted by molar-refractivity contribution is 5.79. The summed E-state index contributed by atoms with van der Waals surface area (Å²) in [6, 6.07) is 0. The Morgan fingerprint density at radius 3 is 2.84 bits per heavy atom. The number of rotatable bonds is 3. The molecule has 140 valence electrons. The molecule has 0 aromatic carbocycles. The Balaban J connectivity index is 0.000000701. The lowest BCUT2D eigenvalue weighted by Gasteiger charge is -2.35. The van der Waals surface area contributed by atoms with Crippen molar-refractivity contribution in [2.75, 3.05) is 27.2 Å². The number of H-pyrrole nitrogens is 1. The van der Waals surface area contributed by atoms with E-state index >= 15 is 0 Å². The summed E-state index contributed by atoms with van der Waals surface area (Å²) >= 11 is 0. The van der Waals surface area contributed by atoms with Crippen molar-refractivity contribution in [1.82, 2.24) is 20.0 Å². The minimum atomic E-state index is -0.528. The maximum Gasteiger partial charge on any atom is 0.290 e. The van der Waals surface area contributed by atoms with Gasteiger partial charge in [-0.1, -0.05) is 0 Å². The molecule has 1 aliphatic heterocycles. The van der Waals surface area contributed by atoms with Gasteiger partial charge in [-0.2, -0.15) is 5.10 Å². The largest absolute Gasteiger partial charge is 0.483 e. The number of fused-ring (bicyclic) bond motifs is 1. The van der Waals surface area contributed by atoms with Crippen molar-refractivity contribution >= 4 is 12.4 Å². The van der Waals surface area contributed by atoms with Crippen molar-refractivity contribution in [1.29, 1.82) is 0 Å². The summed E-state index contributed by atoms with van der Waals surface area (Å²) in [5.41, 5.74) is 3.52. The van der Waals surface area contributed by atoms with Crippen molar-refractivity contribution < 1.29 is 19.8 Å². The number of aliphatic hydroxyl groups excluding tert-OH is 1. The minimum Gasteiger partial charge on any atom is -0.483 e. The van der Waals surface area contributed by atoms with Crippen LogP contribution in [0.3, 0.4) is 0 Å². The summed E-state index contributed by atoms with van der Waals surface area (Å²) in [5.74, 6) is -0.301. The number of amides is 1. The maximum atomic E-state index is 12.6. The van der Waals surface area contributed by atoms with E-state index in [9.17, 15) is 9.90 Å². The highest BCUT2D eigenvalue weighted by Gasteiger charge is 2.34. The lowest BCUT2D eigenvalue weighted by molar-refractivity contribution is -0.141. The molecule has 2 heterocycles. The second-order valence-corrected chi connectivity index (χ2v) is 6.86. The summed E-state index contributed by atoms with van der Waals surface area (Å²) < 4.78 is 0. The van der Waals surface area contributed by atoms with Gasteiger partial charge in [-0.3, -0.25) is 14.7 Å². The Labute approximate surface area is 147 Å². The van der Waals surface area contributed by atoms with Gasteiger partial charge in [0.05, 0.1) is 24.3 Å². The molecular formula is C17H28N4O4. The zero-order valence-electron chi connectivity index (χ0n) is 14.9. The van der Waals surface area contributed by atoms with Crippen molar-refractivity contribution in [3.05, 3.63) is 17.0 Å². The molecule has 1 amide bonds. The van der Waals surface area contributed by atoms with E-state index < -0.39 is 6.10 Å². The molecule has 2 aliphatic rings. The first-order chi connectivity index (χ1) is 12.0. The fourth-order valence-corrected chi connectivity index (χ4v) is 3.61. The second-order valence-electron chi connectivity index (χ2n) is 6.86. The number of aromatic amines is 1. The fourth-order valence-electron chi connectivity index (χ4n) is 3.61. The molecule has 0 spiro atoms. The monoisotopic (exact) mass is 352 g/mol. The van der Waals surface area contributed by atoms with E-state index in [0.29, 0.717) is 19.5 Å². The van der Waals surface area contributed by atoms with Gasteiger partial charge in [-0.15, -0.1) is 0 Å². The number of nitrogens with one attached hydrogen (secondary N) is 1. The lowest BCUT2D eigenvalue weighted by atomic mass is 9.93. The van der Waals surface area contributed by atoms with Gasteiger partial charge in [0.2, 0.25) is 5.91 Å². The third-order valence-electron chi connectivity index (χ3n) is 5.00. The van der Waals surface area contributed by atoms with E-state index in [2.05, 4.69) is 15.1 Å². The average molecular weight is 352 g/mol. The second kappa shape index (κ2) is 8.96. The van der Waals surface area contributed by atoms with Gasteiger partial charge in [0.1, 0.15) is 0 Å². The van der Waals surface area contributed by atoms with Crippen LogP contribution in [0.2, 0.25) is 0 Å². The topological polar surface area (TPSA) is 110 Å². The molecule has 3 rings (SSSR count). The first-order valence-electron chi connectivity index (χ1n) is 8.72. The first kappa shape index (κ1) is 19.4. The zero-order valence-corrected chi connectivity index (χ0v) is 14.9. The summed E-state index contributed by atoms with van der Waals surface area (Å²) in [6.07, 6.45) is 4.66. The number of aromatic nitrogens is 2. The number of nitrogens with zero attached hydrogens (tertiary/aromatic N) is 3. The number of carboxylic acid groups (broad SMARTS) is 1. The Morgan fingerprint density at radius 2 is 2.12 bits per heavy atom. The molecule has 1 saturated heterocycles. The molecule has 8 heteroatoms. The quantitative estimate of drug-likeness (QED) is 0.673. The number of piperidine rings is 1. The fraction of sp³-hybridized carbons (Fsp3) is 0.706. The lowest BCUT2D eigenvalue weighted by Crippen LogP contribution is -2.49. The van der Waals surface area contributed by atoms with E-state index in [0.717, 1.165) is 25.1 Å². The van der Waals surface area contributed by atoms with E-state index in [1.54, 1.807) is 4.90 Å². The van der Waals surface area contributed by atoms with Crippen LogP contribution in [-0.2, 0) is 29.0 Å². The summed E-state index contributed by atoms with van der Waals surface area (Å²) in [5, 5.41) is 24.5. The standard InChI is InChI=1S/C16H26N4O2.CH2O2/c1-19-8-7-15(21)12(9-19)16(22)20(2)10-14-11-5-3-4-6-13(11)17-18-14;2-1-3/h12,15,21H,3-10H2,1-2H3,(H,17,18);1H,(H,2,3)/t12-,15-;/m1./s1. The molecule has 2 atom stereocenters. The number of carbonyl (C=O) groups excluding carboxylic acids is 1. The van der Waals surface area contributed by atoms with Gasteiger partial charge >= 0.3 is 0 Å². The van der Waals surface area contributed by atoms with Gasteiger partial charge in [-0.05, 0) is 44.7 Å². The molecule has 8 nitrogen and oxygen atoms in total. The average Bonchev–Trinajstić information content (AvgIpc) is 3.00. The molecule has 0 radical (unpaired) electrons. The van der Waals surface area contributed by atoms with Crippen molar-refractivity contribution in [3.8, 4) is 0 Å². The molecule has 0 bridgehead atoms. The number of aliphatic hydroxyl groups is 1. The van der Waals surface area contributed by atoms with E-state index in [4.69, 9.17) is 9.90 Å². The predicted molar refractivity (Wildman–Crippen MR) is 92.0 cm³/mol. The van der Waals surface area contributed by atoms with E-state index in [1.807, 2.05) is 14.1 Å². The Bertz CT molecular complexity index is 589. The van der Waals surface area contributed by atoms with E-state index in [-0.39, 0.29) is 18.3 Å². The van der Waals surface area contributed by atoms with Gasteiger partial charge in [0.15, 0.2) is 0 Å². The van der Waals surface area contributed by atoms with Crippen LogP contribution in [0.5, 0.6) is 0 Å². The van der Waals surface area contributed by atoms with Crippen molar-refractivity contribution in [2.24, 2.45) is 5.92 Å². The van der Waals surface area contributed by atoms with Crippen LogP contribution in [0.15, 0.2) is 0 Å². The highest BCUT2D eigenvalue weighted by atomic mass is 16.3. The van der Waals surface area contributed by atoms with Crippen LogP contribution >= 0.6 is 0 Å². The predicted octanol–water partition coefficient (Wildman–Crippen LogP) is 0.260. The SMILES string of the molecule is CN1CC[C@@H](O)[C@H](C(=O)N(C)Cc2n[nH]c3c2CCCC3)C1.O=CO. The van der Waals surface area contributed by atoms with Crippen LogP contribution in [0.4, 0.5) is 0 Å². The normalized spacial score (nSPS) is 23.2. The van der Waals surface area contributed by atoms with Gasteiger partial charge in [0, 0.05) is 25.8 Å². The first-order valence-corrected chi connectivity index (χ1v) is 8.72. The van der Waals surface area contributed by atoms with Crippen LogP contribution in [0.25, 0.3) is 0 Å². The molecule has 1 aromatic heterocycles. The van der Waals surface area contributed by atoms with E-state index in [1.165, 1.54) is 24.1 Å². The number of hydrogen-bond donors (Lipinski definition) is 3. The number of carbonyl (C=O) groups is 2. The Morgan fingerprint density at radius 1 is 1.44 bits per heavy atom. The zero-order chi connectivity index (χ0) is 18.4.